The first-order valence-electron chi connectivity index (χ1n) is 24.9. The standard InChI is InChI=1S/C29H40Cl2N2O7S.C24H33Cl2N3O5S/c1-29(2,3)40-27(34)7-6-13-37-15-16-38-14-12-32-41(35,36)22-10-8-21(9-11-22)39-28-24-17-20(30)18-25(31)23(24)19-26(28)33(4)5;1-28(2)23-16-20-21(14-17(25)15-22(20)26)24(23)34-18-4-6-19(7-5-18)35(30,31)29(3)9-11-33-13-12-32-10-8-27/h8-11,17-18,26,28,32H,6-7,12-16,19H2,1-5H3;4-7,14-15,23-24H,8-13,16,27H2,1-3H3/t26-,28-;23-,24-/m00/s1. The third-order valence-electron chi connectivity index (χ3n) is 12.2. The third-order valence-corrected chi connectivity index (χ3v) is 16.7. The molecule has 4 atom stereocenters. The van der Waals surface area contributed by atoms with Gasteiger partial charge in [-0.25, -0.2) is 21.6 Å². The average molecular weight is 1180 g/mol. The molecule has 0 amide bonds. The molecule has 3 N–H and O–H groups in total. The van der Waals surface area contributed by atoms with Gasteiger partial charge in [-0.3, -0.25) is 4.79 Å². The van der Waals surface area contributed by atoms with Crippen LogP contribution in [0.15, 0.2) is 82.6 Å². The summed E-state index contributed by atoms with van der Waals surface area (Å²) < 4.78 is 94.5. The monoisotopic (exact) mass is 1180 g/mol. The molecule has 0 aliphatic heterocycles. The molecular weight excluding hydrogens is 1100 g/mol. The molecule has 76 heavy (non-hydrogen) atoms. The van der Waals surface area contributed by atoms with Gasteiger partial charge in [0.15, 0.2) is 0 Å². The SMILES string of the molecule is CN(C)[C@H]1Cc2c(Cl)cc(Cl)cc2[C@@H]1Oc1ccc(S(=O)(=O)N(C)CCOCCOCCN)cc1.CN(C)[C@H]1Cc2c(Cl)cc(Cl)cc2[C@@H]1Oc1ccc(S(=O)(=O)NCCOCCOCCCC(=O)OC(C)(C)C)cc1. The molecule has 0 fully saturated rings. The topological polar surface area (TPSA) is 198 Å². The maximum absolute atomic E-state index is 12.9. The van der Waals surface area contributed by atoms with Crippen molar-refractivity contribution in [3.63, 3.8) is 0 Å². The number of nitrogens with one attached hydrogen (secondary N) is 1. The largest absolute Gasteiger partial charge is 0.484 e. The van der Waals surface area contributed by atoms with Crippen LogP contribution in [-0.2, 0) is 61.4 Å². The van der Waals surface area contributed by atoms with E-state index in [1.165, 1.54) is 23.5 Å². The molecule has 4 aromatic carbocycles. The number of halogens is 4. The van der Waals surface area contributed by atoms with Gasteiger partial charge in [-0.05, 0) is 152 Å². The lowest BCUT2D eigenvalue weighted by Crippen LogP contribution is -2.34. The second-order valence-corrected chi connectivity index (χ2v) is 25.1. The molecule has 0 radical (unpaired) electrons. The summed E-state index contributed by atoms with van der Waals surface area (Å²) in [5.74, 6) is 0.854. The van der Waals surface area contributed by atoms with Crippen LogP contribution >= 0.6 is 46.4 Å². The van der Waals surface area contributed by atoms with Gasteiger partial charge >= 0.3 is 5.97 Å². The van der Waals surface area contributed by atoms with Crippen LogP contribution in [0, 0.1) is 0 Å². The van der Waals surface area contributed by atoms with Gasteiger partial charge in [-0.15, -0.1) is 0 Å². The lowest BCUT2D eigenvalue weighted by Gasteiger charge is -2.27. The summed E-state index contributed by atoms with van der Waals surface area (Å²) in [6.45, 7) is 9.10. The molecule has 0 spiro atoms. The fourth-order valence-corrected chi connectivity index (χ4v) is 11.7. The van der Waals surface area contributed by atoms with E-state index >= 15 is 0 Å². The number of sulfonamides is 2. The van der Waals surface area contributed by atoms with E-state index in [1.807, 2.05) is 61.1 Å². The van der Waals surface area contributed by atoms with Crippen molar-refractivity contribution in [1.82, 2.24) is 18.8 Å². The molecule has 23 heteroatoms. The van der Waals surface area contributed by atoms with Crippen LogP contribution in [0.3, 0.4) is 0 Å². The predicted octanol–water partition coefficient (Wildman–Crippen LogP) is 8.25. The number of esters is 1. The number of ether oxygens (including phenoxy) is 7. The second kappa shape index (κ2) is 29.7. The van der Waals surface area contributed by atoms with E-state index in [1.54, 1.807) is 48.5 Å². The normalized spacial score (nSPS) is 17.4. The molecule has 6 rings (SSSR count). The highest BCUT2D eigenvalue weighted by Gasteiger charge is 2.39. The molecule has 2 aliphatic carbocycles. The van der Waals surface area contributed by atoms with Crippen molar-refractivity contribution in [2.24, 2.45) is 5.73 Å². The summed E-state index contributed by atoms with van der Waals surface area (Å²) in [6, 6.07) is 20.1. The number of likely N-dealkylation sites (N-methyl/N-ethyl adjacent to an activating group) is 3. The summed E-state index contributed by atoms with van der Waals surface area (Å²) in [5, 5.41) is 2.34. The van der Waals surface area contributed by atoms with Crippen LogP contribution in [0.2, 0.25) is 20.1 Å². The van der Waals surface area contributed by atoms with Crippen molar-refractivity contribution in [3.05, 3.63) is 115 Å². The zero-order valence-electron chi connectivity index (χ0n) is 44.5. The van der Waals surface area contributed by atoms with Gasteiger partial charge in [-0.1, -0.05) is 46.4 Å². The number of carbonyl (C=O) groups is 1. The number of rotatable bonds is 28. The quantitative estimate of drug-likeness (QED) is 0.0407. The van der Waals surface area contributed by atoms with Gasteiger partial charge < -0.3 is 48.7 Å². The summed E-state index contributed by atoms with van der Waals surface area (Å²) in [6.07, 6.45) is 1.73. The number of nitrogens with zero attached hydrogens (tertiary/aromatic N) is 3. The summed E-state index contributed by atoms with van der Waals surface area (Å²) in [7, 11) is 2.09. The Morgan fingerprint density at radius 1 is 0.632 bits per heavy atom. The first kappa shape index (κ1) is 63.5. The summed E-state index contributed by atoms with van der Waals surface area (Å²) in [5.41, 5.74) is 8.78. The minimum Gasteiger partial charge on any atom is -0.484 e. The Morgan fingerprint density at radius 3 is 1.54 bits per heavy atom. The van der Waals surface area contributed by atoms with Crippen LogP contribution in [0.25, 0.3) is 0 Å². The van der Waals surface area contributed by atoms with Crippen molar-refractivity contribution in [2.75, 3.05) is 108 Å². The third kappa shape index (κ3) is 18.9. The fourth-order valence-electron chi connectivity index (χ4n) is 8.37. The smallest absolute Gasteiger partial charge is 0.306 e. The number of hydrogen-bond acceptors (Lipinski definition) is 15. The van der Waals surface area contributed by atoms with Crippen LogP contribution in [0.5, 0.6) is 11.5 Å². The first-order valence-corrected chi connectivity index (χ1v) is 29.4. The van der Waals surface area contributed by atoms with Crippen LogP contribution in [0.4, 0.5) is 0 Å². The zero-order chi connectivity index (χ0) is 55.8. The van der Waals surface area contributed by atoms with E-state index in [0.29, 0.717) is 90.6 Å². The fraction of sp³-hybridized carbons (Fsp3) is 0.528. The van der Waals surface area contributed by atoms with Gasteiger partial charge in [0, 0.05) is 70.9 Å². The van der Waals surface area contributed by atoms with E-state index in [0.717, 1.165) is 35.1 Å². The van der Waals surface area contributed by atoms with E-state index in [-0.39, 0.29) is 66.4 Å². The maximum atomic E-state index is 12.9. The molecule has 0 aromatic heterocycles. The molecule has 2 aliphatic rings. The van der Waals surface area contributed by atoms with Crippen molar-refractivity contribution in [2.45, 2.75) is 86.1 Å². The van der Waals surface area contributed by atoms with E-state index in [4.69, 9.17) is 85.3 Å². The Bertz CT molecular complexity index is 2720. The minimum absolute atomic E-state index is 0.0497. The number of carbonyl (C=O) groups excluding carboxylic acids is 1. The van der Waals surface area contributed by atoms with Crippen LogP contribution in [-0.4, -0.2) is 162 Å². The molecule has 0 unspecified atom stereocenters. The Morgan fingerprint density at radius 2 is 1.08 bits per heavy atom. The summed E-state index contributed by atoms with van der Waals surface area (Å²) >= 11 is 25.4. The van der Waals surface area contributed by atoms with Crippen LogP contribution < -0.4 is 19.9 Å². The Hall–Kier alpha value is -3.35. The Labute approximate surface area is 469 Å². The molecular formula is C53H73Cl4N5O12S2. The number of benzene rings is 4. The van der Waals surface area contributed by atoms with Crippen molar-refractivity contribution >= 4 is 72.4 Å². The average Bonchev–Trinajstić information content (AvgIpc) is 3.91. The van der Waals surface area contributed by atoms with Crippen molar-refractivity contribution in [1.29, 1.82) is 0 Å². The molecule has 17 nitrogen and oxygen atoms in total. The molecule has 422 valence electrons. The molecule has 0 saturated carbocycles. The van der Waals surface area contributed by atoms with Gasteiger partial charge in [-0.2, -0.15) is 4.31 Å². The lowest BCUT2D eigenvalue weighted by molar-refractivity contribution is -0.155. The van der Waals surface area contributed by atoms with Gasteiger partial charge in [0.1, 0.15) is 29.3 Å². The van der Waals surface area contributed by atoms with Crippen LogP contribution in [0.1, 0.15) is 68.1 Å². The lowest BCUT2D eigenvalue weighted by atomic mass is 10.1. The molecule has 0 heterocycles. The predicted molar refractivity (Wildman–Crippen MR) is 297 cm³/mol. The van der Waals surface area contributed by atoms with E-state index < -0.39 is 25.6 Å². The minimum atomic E-state index is -3.72. The zero-order valence-corrected chi connectivity index (χ0v) is 49.1. The highest BCUT2D eigenvalue weighted by molar-refractivity contribution is 7.89. The second-order valence-electron chi connectivity index (χ2n) is 19.6. The van der Waals surface area contributed by atoms with Gasteiger partial charge in [0.05, 0.1) is 68.1 Å². The summed E-state index contributed by atoms with van der Waals surface area (Å²) in [4.78, 5) is 16.1. The Kier molecular flexibility index (Phi) is 24.8. The first-order chi connectivity index (χ1) is 35.9. The maximum Gasteiger partial charge on any atom is 0.306 e. The van der Waals surface area contributed by atoms with Gasteiger partial charge in [0.25, 0.3) is 0 Å². The molecule has 0 saturated heterocycles. The number of nitrogens with two attached hydrogens (primary N) is 1. The highest BCUT2D eigenvalue weighted by Crippen LogP contribution is 2.44. The molecule has 0 bridgehead atoms. The molecule has 4 aromatic rings. The van der Waals surface area contributed by atoms with E-state index in [2.05, 4.69) is 14.5 Å². The van der Waals surface area contributed by atoms with Crippen molar-refractivity contribution < 1.29 is 54.8 Å². The highest BCUT2D eigenvalue weighted by atomic mass is 35.5. The number of fused-ring (bicyclic) bond motifs is 2. The van der Waals surface area contributed by atoms with Crippen molar-refractivity contribution in [3.8, 4) is 11.5 Å². The number of hydrogen-bond donors (Lipinski definition) is 2. The van der Waals surface area contributed by atoms with E-state index in [9.17, 15) is 21.6 Å². The van der Waals surface area contributed by atoms with Gasteiger partial charge in [0.2, 0.25) is 20.0 Å². The Balaban J connectivity index is 0.000000284.